The molecule has 1 aromatic carbocycles. The van der Waals surface area contributed by atoms with Crippen molar-refractivity contribution < 1.29 is 38.1 Å². The summed E-state index contributed by atoms with van der Waals surface area (Å²) in [4.78, 5) is 53.4. The van der Waals surface area contributed by atoms with Gasteiger partial charge in [-0.1, -0.05) is 72.1 Å². The summed E-state index contributed by atoms with van der Waals surface area (Å²) in [5.41, 5.74) is 0.0807. The molecule has 0 spiro atoms. The zero-order chi connectivity index (χ0) is 41.0. The van der Waals surface area contributed by atoms with E-state index in [1.54, 1.807) is 12.1 Å². The van der Waals surface area contributed by atoms with Crippen LogP contribution < -0.4 is 4.74 Å². The van der Waals surface area contributed by atoms with E-state index in [2.05, 4.69) is 6.92 Å². The molecule has 1 aromatic rings. The highest BCUT2D eigenvalue weighted by atomic mass is 16.6. The number of hydrogen-bond acceptors (Lipinski definition) is 8. The number of fused-ring (bicyclic) bond motifs is 2. The van der Waals surface area contributed by atoms with Gasteiger partial charge in [0.2, 0.25) is 0 Å². The predicted molar refractivity (Wildman–Crippen MR) is 225 cm³/mol. The Balaban J connectivity index is 0.00000174. The van der Waals surface area contributed by atoms with Gasteiger partial charge >= 0.3 is 23.9 Å². The lowest BCUT2D eigenvalue weighted by Crippen LogP contribution is -2.33. The highest BCUT2D eigenvalue weighted by molar-refractivity contribution is 5.81. The summed E-state index contributed by atoms with van der Waals surface area (Å²) in [5.74, 6) is 0.00735. The lowest BCUT2D eigenvalue weighted by Gasteiger charge is -2.40. The first-order valence-corrected chi connectivity index (χ1v) is 23.6. The Morgan fingerprint density at radius 1 is 0.614 bits per heavy atom. The fraction of sp³-hybridized carbons (Fsp3) is 0.796. The molecule has 322 valence electrons. The maximum Gasteiger partial charge on any atom is 0.314 e. The summed E-state index contributed by atoms with van der Waals surface area (Å²) in [7, 11) is 0. The summed E-state index contributed by atoms with van der Waals surface area (Å²) in [6.45, 7) is 10.4. The number of para-hydroxylation sites is 1. The van der Waals surface area contributed by atoms with E-state index in [-0.39, 0.29) is 60.4 Å². The fourth-order valence-corrected chi connectivity index (χ4v) is 10.4. The van der Waals surface area contributed by atoms with Crippen LogP contribution in [0.5, 0.6) is 5.75 Å². The molecule has 0 radical (unpaired) electrons. The van der Waals surface area contributed by atoms with Crippen LogP contribution in [0.25, 0.3) is 0 Å². The Morgan fingerprint density at radius 2 is 1.11 bits per heavy atom. The molecule has 8 heteroatoms. The molecule has 5 saturated carbocycles. The van der Waals surface area contributed by atoms with Crippen LogP contribution in [0.15, 0.2) is 30.3 Å². The lowest BCUT2D eigenvalue weighted by molar-refractivity contribution is -0.163. The van der Waals surface area contributed by atoms with Crippen LogP contribution in [0.1, 0.15) is 195 Å². The van der Waals surface area contributed by atoms with E-state index in [0.29, 0.717) is 36.3 Å². The van der Waals surface area contributed by atoms with Crippen LogP contribution in [0.2, 0.25) is 0 Å². The van der Waals surface area contributed by atoms with Gasteiger partial charge in [0.05, 0.1) is 24.7 Å². The number of carbonyl (C=O) groups is 4. The van der Waals surface area contributed by atoms with Crippen LogP contribution in [-0.4, -0.2) is 42.2 Å². The van der Waals surface area contributed by atoms with E-state index >= 15 is 0 Å². The van der Waals surface area contributed by atoms with Gasteiger partial charge < -0.3 is 18.9 Å². The molecule has 0 amide bonds. The van der Waals surface area contributed by atoms with Crippen molar-refractivity contribution in [1.82, 2.24) is 0 Å². The minimum absolute atomic E-state index is 0.0168. The Morgan fingerprint density at radius 3 is 1.63 bits per heavy atom. The number of ether oxygens (including phenoxy) is 4. The third-order valence-electron chi connectivity index (χ3n) is 13.9. The van der Waals surface area contributed by atoms with Crippen molar-refractivity contribution in [3.63, 3.8) is 0 Å². The zero-order valence-corrected chi connectivity index (χ0v) is 36.4. The van der Waals surface area contributed by atoms with Gasteiger partial charge in [0, 0.05) is 0 Å². The molecule has 5 aliphatic rings. The Kier molecular flexibility index (Phi) is 20.4. The predicted octanol–water partition coefficient (Wildman–Crippen LogP) is 12.3. The van der Waals surface area contributed by atoms with Crippen molar-refractivity contribution in [2.75, 3.05) is 0 Å². The van der Waals surface area contributed by atoms with E-state index < -0.39 is 11.8 Å². The SMILES string of the molecule is CC.CC.CC1(CCC(CC(=O)OC2CCCCC2)C(=O)OC2CCCCC2)CCC2CC1CC2CCC(CC(=O)OC1CCCCC1)C(=O)Oc1ccccc1. The number of esters is 4. The van der Waals surface area contributed by atoms with Gasteiger partial charge in [-0.25, -0.2) is 0 Å². The molecular formula is C49H78O8. The molecule has 6 rings (SSSR count). The first kappa shape index (κ1) is 46.8. The Labute approximate surface area is 345 Å². The lowest BCUT2D eigenvalue weighted by atomic mass is 9.65. The first-order chi connectivity index (χ1) is 27.7. The summed E-state index contributed by atoms with van der Waals surface area (Å²) in [6.07, 6.45) is 23.2. The number of benzene rings is 1. The topological polar surface area (TPSA) is 105 Å². The van der Waals surface area contributed by atoms with Crippen LogP contribution in [0.3, 0.4) is 0 Å². The highest BCUT2D eigenvalue weighted by Gasteiger charge is 2.48. The molecule has 5 aliphatic carbocycles. The third-order valence-corrected chi connectivity index (χ3v) is 13.9. The third kappa shape index (κ3) is 15.0. The smallest absolute Gasteiger partial charge is 0.314 e. The van der Waals surface area contributed by atoms with Crippen LogP contribution >= 0.6 is 0 Å². The van der Waals surface area contributed by atoms with Crippen molar-refractivity contribution >= 4 is 23.9 Å². The summed E-state index contributed by atoms with van der Waals surface area (Å²) < 4.78 is 23.6. The second kappa shape index (κ2) is 24.9. The van der Waals surface area contributed by atoms with Gasteiger partial charge in [0.15, 0.2) is 0 Å². The summed E-state index contributed by atoms with van der Waals surface area (Å²) in [6, 6.07) is 9.12. The summed E-state index contributed by atoms with van der Waals surface area (Å²) in [5, 5.41) is 0. The van der Waals surface area contributed by atoms with E-state index in [4.69, 9.17) is 18.9 Å². The molecule has 0 heterocycles. The monoisotopic (exact) mass is 795 g/mol. The molecule has 8 nitrogen and oxygen atoms in total. The Bertz CT molecular complexity index is 1330. The summed E-state index contributed by atoms with van der Waals surface area (Å²) >= 11 is 0. The van der Waals surface area contributed by atoms with Crippen molar-refractivity contribution in [2.24, 2.45) is 35.0 Å². The van der Waals surface area contributed by atoms with Crippen molar-refractivity contribution in [3.05, 3.63) is 30.3 Å². The molecule has 0 saturated heterocycles. The average Bonchev–Trinajstić information content (AvgIpc) is 3.61. The minimum atomic E-state index is -0.539. The number of carbonyl (C=O) groups excluding carboxylic acids is 4. The average molecular weight is 795 g/mol. The van der Waals surface area contributed by atoms with Crippen molar-refractivity contribution in [2.45, 2.75) is 213 Å². The second-order valence-electron chi connectivity index (χ2n) is 17.7. The van der Waals surface area contributed by atoms with Crippen LogP contribution in [0.4, 0.5) is 0 Å². The maximum atomic E-state index is 13.6. The molecule has 5 fully saturated rings. The molecule has 0 aliphatic heterocycles. The van der Waals surface area contributed by atoms with Gasteiger partial charge in [-0.05, 0) is 164 Å². The maximum absolute atomic E-state index is 13.6. The van der Waals surface area contributed by atoms with E-state index in [1.807, 2.05) is 45.9 Å². The molecule has 6 unspecified atom stereocenters. The van der Waals surface area contributed by atoms with Crippen molar-refractivity contribution in [1.29, 1.82) is 0 Å². The van der Waals surface area contributed by atoms with E-state index in [9.17, 15) is 19.2 Å². The van der Waals surface area contributed by atoms with Crippen LogP contribution in [0, 0.1) is 35.0 Å². The molecular weight excluding hydrogens is 717 g/mol. The molecule has 57 heavy (non-hydrogen) atoms. The first-order valence-electron chi connectivity index (χ1n) is 23.6. The number of rotatable bonds is 16. The number of hydrogen-bond donors (Lipinski definition) is 0. The fourth-order valence-electron chi connectivity index (χ4n) is 10.4. The van der Waals surface area contributed by atoms with Gasteiger partial charge in [0.1, 0.15) is 24.1 Å². The molecule has 0 aromatic heterocycles. The second-order valence-corrected chi connectivity index (χ2v) is 17.7. The van der Waals surface area contributed by atoms with Crippen molar-refractivity contribution in [3.8, 4) is 5.75 Å². The Hall–Kier alpha value is -2.90. The quantitative estimate of drug-likeness (QED) is 0.0925. The minimum Gasteiger partial charge on any atom is -0.462 e. The normalized spacial score (nSPS) is 26.3. The van der Waals surface area contributed by atoms with E-state index in [0.717, 1.165) is 116 Å². The zero-order valence-electron chi connectivity index (χ0n) is 36.4. The van der Waals surface area contributed by atoms with Gasteiger partial charge in [0.25, 0.3) is 0 Å². The standard InChI is InChI=1S/C45H66O8.2C2H6/c1-45(27-25-35(44(49)53-40-20-12-5-13-21-40)31-42(47)51-38-16-8-3-9-17-38)26-24-33-29-36(45)28-32(33)22-23-34(43(48)52-39-18-10-4-11-19-39)30-41(46)50-37-14-6-2-7-15-37;2*1-2/h4,10-11,18-19,32-38,40H,2-3,5-9,12-17,20-31H2,1H3;2*1-2H3. The van der Waals surface area contributed by atoms with Gasteiger partial charge in [-0.3, -0.25) is 19.2 Å². The van der Waals surface area contributed by atoms with Gasteiger partial charge in [-0.2, -0.15) is 0 Å². The van der Waals surface area contributed by atoms with Crippen LogP contribution in [-0.2, 0) is 33.4 Å². The van der Waals surface area contributed by atoms with E-state index in [1.165, 1.54) is 19.3 Å². The highest BCUT2D eigenvalue weighted by Crippen LogP contribution is 2.58. The molecule has 6 atom stereocenters. The molecule has 0 N–H and O–H groups in total. The molecule has 2 bridgehead atoms. The largest absolute Gasteiger partial charge is 0.462 e. The van der Waals surface area contributed by atoms with Gasteiger partial charge in [-0.15, -0.1) is 0 Å².